The number of halogens is 1. The Labute approximate surface area is 150 Å². The van der Waals surface area contributed by atoms with E-state index in [-0.39, 0.29) is 5.91 Å². The summed E-state index contributed by atoms with van der Waals surface area (Å²) < 4.78 is 15.7. The fourth-order valence-corrected chi connectivity index (χ4v) is 3.66. The maximum atomic E-state index is 13.4. The van der Waals surface area contributed by atoms with Crippen molar-refractivity contribution < 1.29 is 13.9 Å². The predicted molar refractivity (Wildman–Crippen MR) is 91.6 cm³/mol. The van der Waals surface area contributed by atoms with Crippen LogP contribution in [0.15, 0.2) is 18.6 Å². The molecule has 138 valence electrons. The Bertz CT molecular complexity index is 873. The summed E-state index contributed by atoms with van der Waals surface area (Å²) in [5.41, 5.74) is 1.79. The lowest BCUT2D eigenvalue weighted by Gasteiger charge is -2.28. The van der Waals surface area contributed by atoms with E-state index in [9.17, 15) is 14.4 Å². The largest absolute Gasteiger partial charge is 0.619 e. The number of hydrogen-bond acceptors (Lipinski definition) is 4. The molecule has 0 bridgehead atoms. The number of alkyl halides is 1. The second kappa shape index (κ2) is 5.75. The Morgan fingerprint density at radius 1 is 1.54 bits per heavy atom. The van der Waals surface area contributed by atoms with Crippen molar-refractivity contribution in [3.8, 4) is 5.82 Å². The van der Waals surface area contributed by atoms with Gasteiger partial charge in [0.2, 0.25) is 12.0 Å². The number of carbonyl (C=O) groups is 1. The van der Waals surface area contributed by atoms with Gasteiger partial charge >= 0.3 is 0 Å². The highest BCUT2D eigenvalue weighted by molar-refractivity contribution is 5.94. The Morgan fingerprint density at radius 3 is 2.96 bits per heavy atom. The van der Waals surface area contributed by atoms with Gasteiger partial charge in [-0.05, 0) is 24.2 Å². The van der Waals surface area contributed by atoms with Crippen molar-refractivity contribution in [3.05, 3.63) is 40.7 Å². The lowest BCUT2D eigenvalue weighted by molar-refractivity contribution is -0.605. The summed E-state index contributed by atoms with van der Waals surface area (Å²) in [7, 11) is 0. The number of rotatable bonds is 4. The van der Waals surface area contributed by atoms with E-state index >= 15 is 0 Å². The van der Waals surface area contributed by atoms with Crippen molar-refractivity contribution in [1.82, 2.24) is 20.1 Å². The molecule has 1 saturated carbocycles. The van der Waals surface area contributed by atoms with Gasteiger partial charge in [0.25, 0.3) is 5.91 Å². The molecule has 2 aromatic heterocycles. The van der Waals surface area contributed by atoms with Crippen LogP contribution >= 0.6 is 0 Å². The van der Waals surface area contributed by atoms with Crippen LogP contribution in [0.1, 0.15) is 54.9 Å². The van der Waals surface area contributed by atoms with Crippen molar-refractivity contribution in [1.29, 1.82) is 0 Å². The van der Waals surface area contributed by atoms with Gasteiger partial charge in [-0.2, -0.15) is 9.83 Å². The molecule has 26 heavy (non-hydrogen) atoms. The average molecular weight is 359 g/mol. The Balaban J connectivity index is 1.71. The molecule has 4 rings (SSSR count). The minimum Gasteiger partial charge on any atom is -0.619 e. The van der Waals surface area contributed by atoms with Crippen molar-refractivity contribution in [2.75, 3.05) is 6.67 Å². The summed E-state index contributed by atoms with van der Waals surface area (Å²) in [5.74, 6) is 0.914. The molecule has 2 aliphatic carbocycles. The summed E-state index contributed by atoms with van der Waals surface area (Å²) in [5, 5.41) is 18.8. The zero-order valence-corrected chi connectivity index (χ0v) is 15.1. The van der Waals surface area contributed by atoms with Gasteiger partial charge in [0.1, 0.15) is 6.67 Å². The van der Waals surface area contributed by atoms with Gasteiger partial charge in [0.15, 0.2) is 11.9 Å². The molecule has 2 aliphatic rings. The predicted octanol–water partition coefficient (Wildman–Crippen LogP) is 1.67. The number of amides is 1. The molecule has 2 aromatic rings. The summed E-state index contributed by atoms with van der Waals surface area (Å²) in [6, 6.07) is -0.592. The van der Waals surface area contributed by atoms with E-state index in [2.05, 4.69) is 15.4 Å². The fraction of sp³-hybridized carbons (Fsp3) is 0.556. The highest BCUT2D eigenvalue weighted by Gasteiger charge is 2.50. The van der Waals surface area contributed by atoms with Crippen LogP contribution in [0.5, 0.6) is 0 Å². The molecule has 1 N–H and O–H groups in total. The average Bonchev–Trinajstić information content (AvgIpc) is 3.07. The Hall–Kier alpha value is -2.51. The molecule has 1 amide bonds. The molecule has 0 unspecified atom stereocenters. The van der Waals surface area contributed by atoms with Crippen LogP contribution in [0.3, 0.4) is 0 Å². The van der Waals surface area contributed by atoms with Gasteiger partial charge in [-0.1, -0.05) is 20.8 Å². The second-order valence-electron chi connectivity index (χ2n) is 8.25. The van der Waals surface area contributed by atoms with Crippen molar-refractivity contribution in [3.63, 3.8) is 0 Å². The molecule has 3 atom stereocenters. The van der Waals surface area contributed by atoms with E-state index in [1.165, 1.54) is 18.6 Å². The van der Waals surface area contributed by atoms with Gasteiger partial charge in [0.05, 0.1) is 17.9 Å². The lowest BCUT2D eigenvalue weighted by Crippen LogP contribution is -2.45. The maximum absolute atomic E-state index is 13.4. The van der Waals surface area contributed by atoms with Gasteiger partial charge in [-0.3, -0.25) is 4.79 Å². The number of aromatic nitrogens is 4. The first-order chi connectivity index (χ1) is 12.3. The van der Waals surface area contributed by atoms with Crippen LogP contribution in [0.2, 0.25) is 0 Å². The molecule has 7 nitrogen and oxygen atoms in total. The van der Waals surface area contributed by atoms with E-state index in [1.54, 1.807) is 4.68 Å². The third kappa shape index (κ3) is 2.73. The number of carbonyl (C=O) groups excluding carboxylic acids is 1. The Morgan fingerprint density at radius 2 is 2.31 bits per heavy atom. The zero-order chi connectivity index (χ0) is 18.6. The number of hydrogen-bond donors (Lipinski definition) is 1. The number of nitrogens with zero attached hydrogens (tertiary/aromatic N) is 4. The van der Waals surface area contributed by atoms with E-state index in [0.717, 1.165) is 24.1 Å². The van der Waals surface area contributed by atoms with E-state index in [0.29, 0.717) is 28.1 Å². The van der Waals surface area contributed by atoms with Crippen molar-refractivity contribution >= 4 is 5.91 Å². The van der Waals surface area contributed by atoms with Gasteiger partial charge in [-0.15, -0.1) is 0 Å². The summed E-state index contributed by atoms with van der Waals surface area (Å²) in [4.78, 5) is 17.0. The SMILES string of the molecule is CC(C)(C)[C@@H](CF)NC(=O)c1nn(-c2c[n+]([O-])ccn2)c2c1C[C@H]1C[C@@H]21. The minimum atomic E-state index is -0.639. The standard InChI is InChI=1S/C18H22FN5O2/c1-18(2,3)13(8-19)21-17(25)15-12-7-10-6-11(10)16(12)24(22-15)14-9-23(26)5-4-20-14/h4-5,9-11,13H,6-8H2,1-3H3,(H,21,25)/t10-,11-,13-/m1/s1. The van der Waals surface area contributed by atoms with Crippen LogP contribution in [0.25, 0.3) is 5.82 Å². The molecule has 0 saturated heterocycles. The Kier molecular flexibility index (Phi) is 3.75. The molecular formula is C18H22FN5O2. The second-order valence-corrected chi connectivity index (χ2v) is 8.25. The molecular weight excluding hydrogens is 337 g/mol. The molecule has 2 heterocycles. The quantitative estimate of drug-likeness (QED) is 0.665. The highest BCUT2D eigenvalue weighted by atomic mass is 19.1. The highest BCUT2D eigenvalue weighted by Crippen LogP contribution is 2.57. The van der Waals surface area contributed by atoms with Crippen LogP contribution < -0.4 is 10.0 Å². The zero-order valence-electron chi connectivity index (χ0n) is 15.1. The third-order valence-corrected chi connectivity index (χ3v) is 5.36. The number of nitrogens with one attached hydrogen (secondary N) is 1. The van der Waals surface area contributed by atoms with E-state index in [1.807, 2.05) is 20.8 Å². The molecule has 1 fully saturated rings. The van der Waals surface area contributed by atoms with Crippen LogP contribution in [0, 0.1) is 16.5 Å². The topological polar surface area (TPSA) is 86.8 Å². The van der Waals surface area contributed by atoms with Crippen molar-refractivity contribution in [2.45, 2.75) is 45.6 Å². The first-order valence-corrected chi connectivity index (χ1v) is 8.83. The summed E-state index contributed by atoms with van der Waals surface area (Å²) >= 11 is 0. The van der Waals surface area contributed by atoms with E-state index < -0.39 is 18.1 Å². The van der Waals surface area contributed by atoms with Crippen LogP contribution in [-0.4, -0.2) is 33.4 Å². The monoisotopic (exact) mass is 359 g/mol. The lowest BCUT2D eigenvalue weighted by atomic mass is 9.87. The van der Waals surface area contributed by atoms with Crippen molar-refractivity contribution in [2.24, 2.45) is 11.3 Å². The molecule has 0 radical (unpaired) electrons. The third-order valence-electron chi connectivity index (χ3n) is 5.36. The van der Waals surface area contributed by atoms with Gasteiger partial charge < -0.3 is 10.5 Å². The molecule has 0 aliphatic heterocycles. The maximum Gasteiger partial charge on any atom is 0.272 e. The smallest absolute Gasteiger partial charge is 0.272 e. The minimum absolute atomic E-state index is 0.318. The summed E-state index contributed by atoms with van der Waals surface area (Å²) in [6.07, 6.45) is 5.91. The van der Waals surface area contributed by atoms with Crippen LogP contribution in [0.4, 0.5) is 4.39 Å². The molecule has 0 aromatic carbocycles. The fourth-order valence-electron chi connectivity index (χ4n) is 3.66. The van der Waals surface area contributed by atoms with E-state index in [4.69, 9.17) is 0 Å². The number of fused-ring (bicyclic) bond motifs is 3. The van der Waals surface area contributed by atoms with Gasteiger partial charge in [-0.25, -0.2) is 14.1 Å². The summed E-state index contributed by atoms with van der Waals surface area (Å²) in [6.45, 7) is 5.02. The van der Waals surface area contributed by atoms with Gasteiger partial charge in [0, 0.05) is 11.5 Å². The normalized spacial score (nSPS) is 21.8. The first kappa shape index (κ1) is 16.9. The first-order valence-electron chi connectivity index (χ1n) is 8.83. The molecule has 0 spiro atoms. The molecule has 8 heteroatoms. The van der Waals surface area contributed by atoms with Crippen LogP contribution in [-0.2, 0) is 6.42 Å².